The van der Waals surface area contributed by atoms with Crippen molar-refractivity contribution in [3.8, 4) is 16.9 Å². The minimum absolute atomic E-state index is 0.690. The molecule has 86 valence electrons. The Kier molecular flexibility index (Phi) is 2.44. The van der Waals surface area contributed by atoms with Gasteiger partial charge in [-0.15, -0.1) is 0 Å². The summed E-state index contributed by atoms with van der Waals surface area (Å²) >= 11 is 0. The predicted octanol–water partition coefficient (Wildman–Crippen LogP) is 2.66. The molecule has 0 unspecified atom stereocenters. The van der Waals surface area contributed by atoms with Crippen molar-refractivity contribution in [3.63, 3.8) is 0 Å². The van der Waals surface area contributed by atoms with Gasteiger partial charge in [0.25, 0.3) is 0 Å². The summed E-state index contributed by atoms with van der Waals surface area (Å²) in [6.07, 6.45) is 5.60. The number of nitrogen functional groups attached to an aromatic ring is 1. The second-order valence-electron chi connectivity index (χ2n) is 4.21. The largest absolute Gasteiger partial charge is 0.493 e. The summed E-state index contributed by atoms with van der Waals surface area (Å²) in [4.78, 5) is 4.02. The van der Waals surface area contributed by atoms with Gasteiger partial charge in [0.2, 0.25) is 0 Å². The summed E-state index contributed by atoms with van der Waals surface area (Å²) in [7, 11) is 0. The minimum Gasteiger partial charge on any atom is -0.493 e. The Morgan fingerprint density at radius 1 is 1.18 bits per heavy atom. The van der Waals surface area contributed by atoms with Crippen LogP contribution in [0, 0.1) is 0 Å². The lowest BCUT2D eigenvalue weighted by Crippen LogP contribution is -2.09. The third kappa shape index (κ3) is 1.73. The molecule has 3 nitrogen and oxygen atoms in total. The number of fused-ring (bicyclic) bond motifs is 1. The summed E-state index contributed by atoms with van der Waals surface area (Å²) in [5.74, 6) is 0.983. The van der Waals surface area contributed by atoms with Crippen LogP contribution in [-0.4, -0.2) is 11.6 Å². The van der Waals surface area contributed by atoms with Crippen LogP contribution in [0.3, 0.4) is 0 Å². The van der Waals surface area contributed by atoms with E-state index in [9.17, 15) is 0 Å². The molecule has 3 rings (SSSR count). The molecule has 0 aliphatic carbocycles. The van der Waals surface area contributed by atoms with E-state index in [1.165, 1.54) is 5.56 Å². The van der Waals surface area contributed by atoms with Gasteiger partial charge in [0.05, 0.1) is 18.5 Å². The molecule has 0 atom stereocenters. The topological polar surface area (TPSA) is 48.1 Å². The zero-order valence-corrected chi connectivity index (χ0v) is 9.52. The second-order valence-corrected chi connectivity index (χ2v) is 4.21. The molecular formula is C14H14N2O. The summed E-state index contributed by atoms with van der Waals surface area (Å²) in [5, 5.41) is 0. The molecule has 17 heavy (non-hydrogen) atoms. The molecule has 0 fully saturated rings. The highest BCUT2D eigenvalue weighted by atomic mass is 16.5. The van der Waals surface area contributed by atoms with Crippen LogP contribution in [0.5, 0.6) is 5.75 Å². The van der Waals surface area contributed by atoms with Gasteiger partial charge >= 0.3 is 0 Å². The molecule has 3 heteroatoms. The van der Waals surface area contributed by atoms with Crippen molar-refractivity contribution < 1.29 is 4.74 Å². The van der Waals surface area contributed by atoms with Gasteiger partial charge in [-0.05, 0) is 24.5 Å². The third-order valence-corrected chi connectivity index (χ3v) is 3.08. The molecule has 0 bridgehead atoms. The summed E-state index contributed by atoms with van der Waals surface area (Å²) in [6.45, 7) is 0.787. The Morgan fingerprint density at radius 3 is 3.00 bits per heavy atom. The van der Waals surface area contributed by atoms with Gasteiger partial charge in [-0.2, -0.15) is 0 Å². The smallest absolute Gasteiger partial charge is 0.130 e. The van der Waals surface area contributed by atoms with Crippen molar-refractivity contribution in [2.45, 2.75) is 12.8 Å². The fourth-order valence-corrected chi connectivity index (χ4v) is 2.25. The molecule has 0 amide bonds. The summed E-state index contributed by atoms with van der Waals surface area (Å²) < 4.78 is 5.79. The lowest BCUT2D eigenvalue weighted by atomic mass is 9.97. The molecule has 1 aliphatic heterocycles. The zero-order chi connectivity index (χ0) is 11.7. The molecule has 0 radical (unpaired) electrons. The Balaban J connectivity index is 2.18. The molecule has 2 N–H and O–H groups in total. The minimum atomic E-state index is 0.690. The van der Waals surface area contributed by atoms with E-state index in [2.05, 4.69) is 23.2 Å². The lowest BCUT2D eigenvalue weighted by Gasteiger charge is -2.20. The highest BCUT2D eigenvalue weighted by molar-refractivity contribution is 5.80. The highest BCUT2D eigenvalue weighted by Gasteiger charge is 2.16. The number of hydrogen-bond donors (Lipinski definition) is 1. The Morgan fingerprint density at radius 2 is 2.12 bits per heavy atom. The fourth-order valence-electron chi connectivity index (χ4n) is 2.25. The Labute approximate surface area is 100 Å². The van der Waals surface area contributed by atoms with Crippen LogP contribution in [0.2, 0.25) is 0 Å². The average molecular weight is 226 g/mol. The number of aryl methyl sites for hydroxylation is 1. The standard InChI is InChI=1S/C14H14N2O/c15-13-9-16-7-6-11(13)12-5-1-3-10-4-2-8-17-14(10)12/h1,3,5-7,9H,2,4,8,15H2. The van der Waals surface area contributed by atoms with Gasteiger partial charge in [-0.3, -0.25) is 4.98 Å². The van der Waals surface area contributed by atoms with Crippen molar-refractivity contribution >= 4 is 5.69 Å². The zero-order valence-electron chi connectivity index (χ0n) is 9.52. The van der Waals surface area contributed by atoms with Crippen LogP contribution in [0.15, 0.2) is 36.7 Å². The second kappa shape index (κ2) is 4.09. The highest BCUT2D eigenvalue weighted by Crippen LogP contribution is 2.38. The molecule has 1 aromatic carbocycles. The first-order valence-electron chi connectivity index (χ1n) is 5.81. The average Bonchev–Trinajstić information content (AvgIpc) is 2.39. The van der Waals surface area contributed by atoms with E-state index in [4.69, 9.17) is 10.5 Å². The number of nitrogens with zero attached hydrogens (tertiary/aromatic N) is 1. The van der Waals surface area contributed by atoms with Crippen molar-refractivity contribution in [3.05, 3.63) is 42.2 Å². The van der Waals surface area contributed by atoms with Crippen molar-refractivity contribution in [2.24, 2.45) is 0 Å². The van der Waals surface area contributed by atoms with Crippen LogP contribution in [0.1, 0.15) is 12.0 Å². The van der Waals surface area contributed by atoms with E-state index in [1.807, 2.05) is 6.07 Å². The number of ether oxygens (including phenoxy) is 1. The fraction of sp³-hybridized carbons (Fsp3) is 0.214. The van der Waals surface area contributed by atoms with Gasteiger partial charge in [0.1, 0.15) is 5.75 Å². The van der Waals surface area contributed by atoms with E-state index in [0.717, 1.165) is 36.3 Å². The number of rotatable bonds is 1. The Hall–Kier alpha value is -2.03. The molecule has 0 spiro atoms. The normalized spacial score (nSPS) is 13.9. The number of pyridine rings is 1. The van der Waals surface area contributed by atoms with Gasteiger partial charge in [0.15, 0.2) is 0 Å². The Bertz CT molecular complexity index is 552. The van der Waals surface area contributed by atoms with Crippen LogP contribution in [0.4, 0.5) is 5.69 Å². The van der Waals surface area contributed by atoms with Crippen molar-refractivity contribution in [1.29, 1.82) is 0 Å². The van der Waals surface area contributed by atoms with E-state index < -0.39 is 0 Å². The van der Waals surface area contributed by atoms with Crippen LogP contribution >= 0.6 is 0 Å². The lowest BCUT2D eigenvalue weighted by molar-refractivity contribution is 0.289. The molecule has 1 aliphatic rings. The number of benzene rings is 1. The molecule has 2 heterocycles. The number of nitrogens with two attached hydrogens (primary N) is 1. The van der Waals surface area contributed by atoms with Gasteiger partial charge in [0, 0.05) is 17.3 Å². The molecular weight excluding hydrogens is 212 g/mol. The summed E-state index contributed by atoms with van der Waals surface area (Å²) in [5.41, 5.74) is 10.00. The van der Waals surface area contributed by atoms with E-state index >= 15 is 0 Å². The van der Waals surface area contributed by atoms with Crippen LogP contribution in [-0.2, 0) is 6.42 Å². The number of para-hydroxylation sites is 1. The number of aromatic nitrogens is 1. The number of hydrogen-bond acceptors (Lipinski definition) is 3. The molecule has 1 aromatic heterocycles. The van der Waals surface area contributed by atoms with Crippen molar-refractivity contribution in [1.82, 2.24) is 4.98 Å². The van der Waals surface area contributed by atoms with E-state index in [0.29, 0.717) is 5.69 Å². The monoisotopic (exact) mass is 226 g/mol. The maximum atomic E-state index is 5.97. The number of anilines is 1. The first-order valence-corrected chi connectivity index (χ1v) is 5.81. The first kappa shape index (κ1) is 10.1. The van der Waals surface area contributed by atoms with E-state index in [1.54, 1.807) is 12.4 Å². The van der Waals surface area contributed by atoms with Gasteiger partial charge in [-0.25, -0.2) is 0 Å². The van der Waals surface area contributed by atoms with Crippen molar-refractivity contribution in [2.75, 3.05) is 12.3 Å². The van der Waals surface area contributed by atoms with Crippen LogP contribution < -0.4 is 10.5 Å². The SMILES string of the molecule is Nc1cnccc1-c1cccc2c1OCCC2. The first-order chi connectivity index (χ1) is 8.36. The van der Waals surface area contributed by atoms with Crippen LogP contribution in [0.25, 0.3) is 11.1 Å². The van der Waals surface area contributed by atoms with Gasteiger partial charge < -0.3 is 10.5 Å². The predicted molar refractivity (Wildman–Crippen MR) is 67.9 cm³/mol. The maximum absolute atomic E-state index is 5.97. The third-order valence-electron chi connectivity index (χ3n) is 3.08. The summed E-state index contributed by atoms with van der Waals surface area (Å²) in [6, 6.07) is 8.16. The maximum Gasteiger partial charge on any atom is 0.130 e. The van der Waals surface area contributed by atoms with Gasteiger partial charge in [-0.1, -0.05) is 18.2 Å². The molecule has 0 saturated heterocycles. The van der Waals surface area contributed by atoms with E-state index in [-0.39, 0.29) is 0 Å². The quantitative estimate of drug-likeness (QED) is 0.813. The molecule has 0 saturated carbocycles. The molecule has 2 aromatic rings.